The number of nitrogens with two attached hydrogens (primary N) is 1. The number of fused-ring (bicyclic) bond motifs is 1. The zero-order valence-electron chi connectivity index (χ0n) is 12.5. The van der Waals surface area contributed by atoms with Gasteiger partial charge in [-0.15, -0.1) is 0 Å². The minimum atomic E-state index is -4.98. The van der Waals surface area contributed by atoms with E-state index in [9.17, 15) is 27.6 Å². The SMILES string of the molecule is Nc1cccc2c1C(=O)N([C@@H]1CCCN(C(=O)C(F)(F)F)C1)C2=O. The van der Waals surface area contributed by atoms with Gasteiger partial charge in [0.2, 0.25) is 0 Å². The highest BCUT2D eigenvalue weighted by Crippen LogP contribution is 2.32. The molecule has 6 nitrogen and oxygen atoms in total. The Balaban J connectivity index is 1.85. The molecule has 0 radical (unpaired) electrons. The largest absolute Gasteiger partial charge is 0.471 e. The molecule has 2 N–H and O–H groups in total. The van der Waals surface area contributed by atoms with Crippen molar-refractivity contribution >= 4 is 23.4 Å². The van der Waals surface area contributed by atoms with Crippen LogP contribution in [0, 0.1) is 0 Å². The lowest BCUT2D eigenvalue weighted by atomic mass is 10.0. The van der Waals surface area contributed by atoms with E-state index in [2.05, 4.69) is 0 Å². The summed E-state index contributed by atoms with van der Waals surface area (Å²) in [6, 6.07) is 3.67. The fraction of sp³-hybridized carbons (Fsp3) is 0.400. The number of nitrogens with zero attached hydrogens (tertiary/aromatic N) is 2. The number of hydrogen-bond acceptors (Lipinski definition) is 4. The van der Waals surface area contributed by atoms with Crippen LogP contribution in [0.2, 0.25) is 0 Å². The number of hydrogen-bond donors (Lipinski definition) is 1. The number of piperidine rings is 1. The molecule has 0 unspecified atom stereocenters. The molecule has 1 atom stereocenters. The zero-order chi connectivity index (χ0) is 17.6. The van der Waals surface area contributed by atoms with Crippen molar-refractivity contribution in [1.82, 2.24) is 9.80 Å². The highest BCUT2D eigenvalue weighted by Gasteiger charge is 2.47. The van der Waals surface area contributed by atoms with Gasteiger partial charge in [-0.2, -0.15) is 13.2 Å². The number of nitrogen functional groups attached to an aromatic ring is 1. The van der Waals surface area contributed by atoms with Crippen molar-refractivity contribution in [2.45, 2.75) is 25.1 Å². The highest BCUT2D eigenvalue weighted by molar-refractivity contribution is 6.23. The molecule has 3 rings (SSSR count). The second kappa shape index (κ2) is 5.50. The molecule has 2 aliphatic rings. The lowest BCUT2D eigenvalue weighted by Gasteiger charge is -2.36. The molecule has 2 aliphatic heterocycles. The maximum Gasteiger partial charge on any atom is 0.471 e. The lowest BCUT2D eigenvalue weighted by molar-refractivity contribution is -0.187. The van der Waals surface area contributed by atoms with Crippen LogP contribution in [0.4, 0.5) is 18.9 Å². The van der Waals surface area contributed by atoms with Crippen molar-refractivity contribution in [3.8, 4) is 0 Å². The van der Waals surface area contributed by atoms with Crippen LogP contribution in [0.5, 0.6) is 0 Å². The first-order valence-electron chi connectivity index (χ1n) is 7.34. The first kappa shape index (κ1) is 16.3. The Labute approximate surface area is 135 Å². The first-order chi connectivity index (χ1) is 11.2. The summed E-state index contributed by atoms with van der Waals surface area (Å²) in [5.74, 6) is -3.17. The minimum Gasteiger partial charge on any atom is -0.398 e. The van der Waals surface area contributed by atoms with E-state index in [4.69, 9.17) is 5.73 Å². The number of alkyl halides is 3. The van der Waals surface area contributed by atoms with E-state index in [0.717, 1.165) is 4.90 Å². The van der Waals surface area contributed by atoms with Gasteiger partial charge < -0.3 is 10.6 Å². The van der Waals surface area contributed by atoms with Crippen molar-refractivity contribution < 1.29 is 27.6 Å². The third kappa shape index (κ3) is 2.49. The summed E-state index contributed by atoms with van der Waals surface area (Å²) in [5.41, 5.74) is 6.09. The molecule has 9 heteroatoms. The van der Waals surface area contributed by atoms with Crippen LogP contribution in [0.3, 0.4) is 0 Å². The minimum absolute atomic E-state index is 0.0554. The second-order valence-corrected chi connectivity index (χ2v) is 5.80. The molecule has 0 aromatic heterocycles. The summed E-state index contributed by atoms with van der Waals surface area (Å²) in [5, 5.41) is 0. The van der Waals surface area contributed by atoms with Crippen molar-refractivity contribution in [3.63, 3.8) is 0 Å². The summed E-state index contributed by atoms with van der Waals surface area (Å²) in [6.07, 6.45) is -4.36. The van der Waals surface area contributed by atoms with Crippen molar-refractivity contribution in [2.75, 3.05) is 18.8 Å². The van der Waals surface area contributed by atoms with Gasteiger partial charge in [-0.25, -0.2) is 0 Å². The summed E-state index contributed by atoms with van der Waals surface area (Å²) >= 11 is 0. The van der Waals surface area contributed by atoms with Gasteiger partial charge >= 0.3 is 12.1 Å². The molecular formula is C15H14F3N3O3. The molecule has 0 spiro atoms. The van der Waals surface area contributed by atoms with Gasteiger partial charge in [0.1, 0.15) is 0 Å². The predicted octanol–water partition coefficient (Wildman–Crippen LogP) is 1.42. The fourth-order valence-corrected chi connectivity index (χ4v) is 3.19. The van der Waals surface area contributed by atoms with E-state index in [1.54, 1.807) is 0 Å². The third-order valence-electron chi connectivity index (χ3n) is 4.27. The Morgan fingerprint density at radius 1 is 1.21 bits per heavy atom. The van der Waals surface area contributed by atoms with E-state index in [0.29, 0.717) is 11.3 Å². The van der Waals surface area contributed by atoms with Crippen LogP contribution in [-0.2, 0) is 4.79 Å². The third-order valence-corrected chi connectivity index (χ3v) is 4.27. The predicted molar refractivity (Wildman–Crippen MR) is 77.0 cm³/mol. The average molecular weight is 341 g/mol. The van der Waals surface area contributed by atoms with Gasteiger partial charge in [0, 0.05) is 18.8 Å². The van der Waals surface area contributed by atoms with E-state index >= 15 is 0 Å². The average Bonchev–Trinajstić information content (AvgIpc) is 2.78. The lowest BCUT2D eigenvalue weighted by Crippen LogP contribution is -2.54. The zero-order valence-corrected chi connectivity index (χ0v) is 12.5. The number of imide groups is 1. The maximum absolute atomic E-state index is 12.6. The van der Waals surface area contributed by atoms with E-state index in [1.165, 1.54) is 18.2 Å². The smallest absolute Gasteiger partial charge is 0.398 e. The molecule has 3 amide bonds. The van der Waals surface area contributed by atoms with Gasteiger partial charge in [0.25, 0.3) is 11.8 Å². The normalized spacial score (nSPS) is 21.2. The van der Waals surface area contributed by atoms with Crippen LogP contribution in [0.15, 0.2) is 18.2 Å². The van der Waals surface area contributed by atoms with Crippen LogP contribution in [0.1, 0.15) is 33.6 Å². The second-order valence-electron chi connectivity index (χ2n) is 5.80. The fourth-order valence-electron chi connectivity index (χ4n) is 3.19. The number of likely N-dealkylation sites (tertiary alicyclic amines) is 1. The van der Waals surface area contributed by atoms with Gasteiger partial charge in [0.05, 0.1) is 17.2 Å². The Bertz CT molecular complexity index is 732. The number of halogens is 3. The molecule has 24 heavy (non-hydrogen) atoms. The molecule has 0 bridgehead atoms. The van der Waals surface area contributed by atoms with Gasteiger partial charge in [0.15, 0.2) is 0 Å². The Morgan fingerprint density at radius 3 is 2.54 bits per heavy atom. The Morgan fingerprint density at radius 2 is 1.92 bits per heavy atom. The van der Waals surface area contributed by atoms with Crippen molar-refractivity contribution in [1.29, 1.82) is 0 Å². The number of rotatable bonds is 1. The van der Waals surface area contributed by atoms with Gasteiger partial charge in [-0.1, -0.05) is 6.07 Å². The first-order valence-corrected chi connectivity index (χ1v) is 7.34. The molecule has 1 saturated heterocycles. The Kier molecular flexibility index (Phi) is 3.73. The van der Waals surface area contributed by atoms with Crippen LogP contribution < -0.4 is 5.73 Å². The summed E-state index contributed by atoms with van der Waals surface area (Å²) in [7, 11) is 0. The molecule has 128 valence electrons. The molecule has 1 aromatic carbocycles. The number of benzene rings is 1. The monoisotopic (exact) mass is 341 g/mol. The molecule has 2 heterocycles. The van der Waals surface area contributed by atoms with Crippen LogP contribution in [-0.4, -0.2) is 52.8 Å². The van der Waals surface area contributed by atoms with E-state index in [-0.39, 0.29) is 36.3 Å². The molecule has 1 aromatic rings. The van der Waals surface area contributed by atoms with Crippen molar-refractivity contribution in [3.05, 3.63) is 29.3 Å². The molecule has 0 saturated carbocycles. The molecule has 0 aliphatic carbocycles. The quantitative estimate of drug-likeness (QED) is 0.618. The highest BCUT2D eigenvalue weighted by atomic mass is 19.4. The summed E-state index contributed by atoms with van der Waals surface area (Å²) in [6.45, 7) is -0.385. The van der Waals surface area contributed by atoms with E-state index in [1.807, 2.05) is 0 Å². The van der Waals surface area contributed by atoms with Crippen LogP contribution >= 0.6 is 0 Å². The maximum atomic E-state index is 12.6. The number of amides is 3. The molecular weight excluding hydrogens is 327 g/mol. The van der Waals surface area contributed by atoms with Crippen molar-refractivity contribution in [2.24, 2.45) is 0 Å². The van der Waals surface area contributed by atoms with Crippen LogP contribution in [0.25, 0.3) is 0 Å². The van der Waals surface area contributed by atoms with Gasteiger partial charge in [-0.05, 0) is 25.0 Å². The van der Waals surface area contributed by atoms with E-state index < -0.39 is 29.9 Å². The van der Waals surface area contributed by atoms with Gasteiger partial charge in [-0.3, -0.25) is 19.3 Å². The summed E-state index contributed by atoms with van der Waals surface area (Å²) < 4.78 is 37.8. The topological polar surface area (TPSA) is 83.7 Å². The number of carbonyl (C=O) groups is 3. The number of carbonyl (C=O) groups excluding carboxylic acids is 3. The number of anilines is 1. The molecule has 1 fully saturated rings. The Hall–Kier alpha value is -2.58. The summed E-state index contributed by atoms with van der Waals surface area (Å²) in [4.78, 5) is 37.9. The standard InChI is InChI=1S/C15H14F3N3O3/c16-15(17,18)14(24)20-6-2-3-8(7-20)21-12(22)9-4-1-5-10(19)11(9)13(21)23/h1,4-5,8H,2-3,6-7,19H2/t8-/m1/s1.